The lowest BCUT2D eigenvalue weighted by Gasteiger charge is -2.28. The van der Waals surface area contributed by atoms with Gasteiger partial charge in [0.05, 0.1) is 22.5 Å². The lowest BCUT2D eigenvalue weighted by molar-refractivity contribution is -0.180. The molecule has 3 aromatic rings. The normalized spacial score (nSPS) is 15.8. The SMILES string of the molecule is Cc1cc2c(cc1F)c(C#N)c(-c1ccc(S(=O)(=O)NC(C)(C)C(F)(F)F)cn1)n2C1CCCCC1. The lowest BCUT2D eigenvalue weighted by Crippen LogP contribution is -2.54. The highest BCUT2D eigenvalue weighted by molar-refractivity contribution is 7.89. The Morgan fingerprint density at radius 2 is 1.81 bits per heavy atom. The van der Waals surface area contributed by atoms with E-state index >= 15 is 0 Å². The third kappa shape index (κ3) is 4.60. The number of nitrogens with one attached hydrogen (secondary N) is 1. The molecule has 6 nitrogen and oxygen atoms in total. The molecule has 1 fully saturated rings. The molecule has 0 aliphatic heterocycles. The summed E-state index contributed by atoms with van der Waals surface area (Å²) in [6.07, 6.45) is 0.982. The fourth-order valence-corrected chi connectivity index (χ4v) is 5.99. The average molecular weight is 523 g/mol. The van der Waals surface area contributed by atoms with Crippen LogP contribution < -0.4 is 4.72 Å². The van der Waals surface area contributed by atoms with Gasteiger partial charge in [0.1, 0.15) is 22.3 Å². The first-order valence-corrected chi connectivity index (χ1v) is 13.1. The Kier molecular flexibility index (Phi) is 6.64. The van der Waals surface area contributed by atoms with Crippen molar-refractivity contribution in [2.45, 2.75) is 75.5 Å². The van der Waals surface area contributed by atoms with E-state index in [-0.39, 0.29) is 17.3 Å². The van der Waals surface area contributed by atoms with Crippen LogP contribution in [0.4, 0.5) is 17.6 Å². The Morgan fingerprint density at radius 1 is 1.14 bits per heavy atom. The van der Waals surface area contributed by atoms with Crippen LogP contribution in [0.15, 0.2) is 35.4 Å². The van der Waals surface area contributed by atoms with Gasteiger partial charge in [-0.25, -0.2) is 12.8 Å². The number of pyridine rings is 1. The van der Waals surface area contributed by atoms with Crippen LogP contribution in [-0.4, -0.2) is 29.7 Å². The molecule has 0 unspecified atom stereocenters. The summed E-state index contributed by atoms with van der Waals surface area (Å²) in [7, 11) is -4.54. The number of hydrogen-bond donors (Lipinski definition) is 1. The van der Waals surface area contributed by atoms with Crippen molar-refractivity contribution in [2.75, 3.05) is 0 Å². The number of hydrogen-bond acceptors (Lipinski definition) is 4. The predicted molar refractivity (Wildman–Crippen MR) is 127 cm³/mol. The second-order valence-corrected chi connectivity index (χ2v) is 11.4. The summed E-state index contributed by atoms with van der Waals surface area (Å²) < 4.78 is 83.1. The zero-order chi connectivity index (χ0) is 26.5. The number of sulfonamides is 1. The van der Waals surface area contributed by atoms with Crippen molar-refractivity contribution in [2.24, 2.45) is 0 Å². The highest BCUT2D eigenvalue weighted by Crippen LogP contribution is 2.41. The van der Waals surface area contributed by atoms with Crippen molar-refractivity contribution >= 4 is 20.9 Å². The number of aryl methyl sites for hydroxylation is 1. The van der Waals surface area contributed by atoms with Crippen molar-refractivity contribution in [1.29, 1.82) is 5.26 Å². The molecule has 0 amide bonds. The summed E-state index contributed by atoms with van der Waals surface area (Å²) in [5.41, 5.74) is -0.625. The Morgan fingerprint density at radius 3 is 2.36 bits per heavy atom. The van der Waals surface area contributed by atoms with E-state index in [0.717, 1.165) is 58.2 Å². The monoisotopic (exact) mass is 522 g/mol. The van der Waals surface area contributed by atoms with Gasteiger partial charge in [-0.3, -0.25) is 4.98 Å². The van der Waals surface area contributed by atoms with Crippen molar-refractivity contribution < 1.29 is 26.0 Å². The maximum Gasteiger partial charge on any atom is 0.407 e. The zero-order valence-electron chi connectivity index (χ0n) is 20.1. The molecular formula is C25H26F4N4O2S. The van der Waals surface area contributed by atoms with E-state index in [1.807, 2.05) is 4.57 Å². The smallest absolute Gasteiger partial charge is 0.335 e. The fourth-order valence-electron chi connectivity index (χ4n) is 4.65. The molecule has 0 radical (unpaired) electrons. The van der Waals surface area contributed by atoms with Gasteiger partial charge in [-0.15, -0.1) is 0 Å². The van der Waals surface area contributed by atoms with Crippen LogP contribution >= 0.6 is 0 Å². The Bertz CT molecular complexity index is 1450. The van der Waals surface area contributed by atoms with Gasteiger partial charge in [-0.2, -0.15) is 23.2 Å². The minimum absolute atomic E-state index is 0.0441. The van der Waals surface area contributed by atoms with Crippen LogP contribution in [0.3, 0.4) is 0 Å². The summed E-state index contributed by atoms with van der Waals surface area (Å²) >= 11 is 0. The number of benzene rings is 1. The number of rotatable bonds is 5. The number of nitrogens with zero attached hydrogens (tertiary/aromatic N) is 3. The Hall–Kier alpha value is -2.97. The van der Waals surface area contributed by atoms with E-state index in [1.54, 1.807) is 17.7 Å². The molecular weight excluding hydrogens is 496 g/mol. The first-order chi connectivity index (χ1) is 16.8. The molecule has 1 N–H and O–H groups in total. The molecule has 2 aromatic heterocycles. The summed E-state index contributed by atoms with van der Waals surface area (Å²) in [6, 6.07) is 7.75. The predicted octanol–water partition coefficient (Wildman–Crippen LogP) is 6.15. The molecule has 0 spiro atoms. The molecule has 0 saturated heterocycles. The minimum Gasteiger partial charge on any atom is -0.335 e. The molecule has 36 heavy (non-hydrogen) atoms. The summed E-state index contributed by atoms with van der Waals surface area (Å²) in [4.78, 5) is 3.81. The van der Waals surface area contributed by atoms with E-state index < -0.39 is 32.5 Å². The molecule has 0 atom stereocenters. The first-order valence-electron chi connectivity index (χ1n) is 11.6. The number of aromatic nitrogens is 2. The van der Waals surface area contributed by atoms with Crippen LogP contribution in [-0.2, 0) is 10.0 Å². The second kappa shape index (κ2) is 9.16. The number of halogens is 4. The minimum atomic E-state index is -4.80. The summed E-state index contributed by atoms with van der Waals surface area (Å²) in [5, 5.41) is 10.4. The van der Waals surface area contributed by atoms with Gasteiger partial charge in [0, 0.05) is 17.6 Å². The largest absolute Gasteiger partial charge is 0.407 e. The second-order valence-electron chi connectivity index (χ2n) is 9.72. The van der Waals surface area contributed by atoms with Gasteiger partial charge >= 0.3 is 6.18 Å². The van der Waals surface area contributed by atoms with E-state index in [0.29, 0.717) is 22.2 Å². The third-order valence-electron chi connectivity index (χ3n) is 6.72. The number of nitriles is 1. The molecule has 1 aliphatic carbocycles. The van der Waals surface area contributed by atoms with Crippen molar-refractivity contribution in [1.82, 2.24) is 14.3 Å². The Labute approximate surface area is 207 Å². The van der Waals surface area contributed by atoms with Crippen molar-refractivity contribution in [3.05, 3.63) is 47.4 Å². The van der Waals surface area contributed by atoms with E-state index in [2.05, 4.69) is 11.1 Å². The van der Waals surface area contributed by atoms with E-state index in [4.69, 9.17) is 0 Å². The maximum absolute atomic E-state index is 14.5. The third-order valence-corrected chi connectivity index (χ3v) is 8.36. The molecule has 192 valence electrons. The van der Waals surface area contributed by atoms with Gasteiger partial charge in [0.2, 0.25) is 10.0 Å². The van der Waals surface area contributed by atoms with Gasteiger partial charge in [-0.1, -0.05) is 19.3 Å². The molecule has 2 heterocycles. The van der Waals surface area contributed by atoms with Gasteiger partial charge in [-0.05, 0) is 63.4 Å². The van der Waals surface area contributed by atoms with E-state index in [1.165, 1.54) is 12.1 Å². The standard InChI is InChI=1S/C25H26F4N4O2S/c1-15-11-22-18(12-20(15)26)19(13-30)23(33(22)16-7-5-4-6-8-16)21-10-9-17(14-31-21)36(34,35)32-24(2,3)25(27,28)29/h9-12,14,16,32H,4-8H2,1-3H3. The highest BCUT2D eigenvalue weighted by atomic mass is 32.2. The van der Waals surface area contributed by atoms with Crippen LogP contribution in [0.1, 0.15) is 63.1 Å². The zero-order valence-corrected chi connectivity index (χ0v) is 20.9. The van der Waals surface area contributed by atoms with Gasteiger partial charge in [0.25, 0.3) is 0 Å². The number of alkyl halides is 3. The lowest BCUT2D eigenvalue weighted by atomic mass is 9.95. The van der Waals surface area contributed by atoms with Crippen LogP contribution in [0.5, 0.6) is 0 Å². The quantitative estimate of drug-likeness (QED) is 0.408. The van der Waals surface area contributed by atoms with Crippen molar-refractivity contribution in [3.63, 3.8) is 0 Å². The van der Waals surface area contributed by atoms with Crippen LogP contribution in [0.2, 0.25) is 0 Å². The molecule has 1 saturated carbocycles. The fraction of sp³-hybridized carbons (Fsp3) is 0.440. The average Bonchev–Trinajstić information content (AvgIpc) is 3.11. The molecule has 0 bridgehead atoms. The topological polar surface area (TPSA) is 87.8 Å². The summed E-state index contributed by atoms with van der Waals surface area (Å²) in [5.74, 6) is -0.445. The molecule has 11 heteroatoms. The Balaban J connectivity index is 1.85. The van der Waals surface area contributed by atoms with E-state index in [9.17, 15) is 31.2 Å². The van der Waals surface area contributed by atoms with Crippen LogP contribution in [0, 0.1) is 24.1 Å². The van der Waals surface area contributed by atoms with Gasteiger partial charge in [0.15, 0.2) is 0 Å². The molecule has 1 aliphatic rings. The molecule has 4 rings (SSSR count). The highest BCUT2D eigenvalue weighted by Gasteiger charge is 2.49. The molecule has 1 aromatic carbocycles. The van der Waals surface area contributed by atoms with Crippen LogP contribution in [0.25, 0.3) is 22.3 Å². The summed E-state index contributed by atoms with van der Waals surface area (Å²) in [6.45, 7) is 3.11. The maximum atomic E-state index is 14.5. The van der Waals surface area contributed by atoms with Crippen molar-refractivity contribution in [3.8, 4) is 17.5 Å². The first kappa shape index (κ1) is 26.1. The number of fused-ring (bicyclic) bond motifs is 1. The van der Waals surface area contributed by atoms with Gasteiger partial charge < -0.3 is 4.57 Å².